The van der Waals surface area contributed by atoms with E-state index in [-0.39, 0.29) is 0 Å². The van der Waals surface area contributed by atoms with Crippen LogP contribution >= 0.6 is 0 Å². The molecule has 2 bridgehead atoms. The van der Waals surface area contributed by atoms with Crippen molar-refractivity contribution in [2.75, 3.05) is 0 Å². The topological polar surface area (TPSA) is 12.9 Å². The minimum absolute atomic E-state index is 0.508. The maximum absolute atomic E-state index is 4.73. The predicted octanol–water partition coefficient (Wildman–Crippen LogP) is 3.08. The Labute approximate surface area is 85.6 Å². The monoisotopic (exact) mass is 187 g/mol. The maximum atomic E-state index is 4.73. The van der Waals surface area contributed by atoms with E-state index in [4.69, 9.17) is 4.98 Å². The fraction of sp³-hybridized carbons (Fsp3) is 0.615. The van der Waals surface area contributed by atoms with Crippen LogP contribution in [0.4, 0.5) is 0 Å². The number of aromatic nitrogens is 1. The molecular weight excluding hydrogens is 170 g/mol. The summed E-state index contributed by atoms with van der Waals surface area (Å²) >= 11 is 0. The van der Waals surface area contributed by atoms with Gasteiger partial charge in [0.05, 0.1) is 0 Å². The van der Waals surface area contributed by atoms with E-state index in [1.165, 1.54) is 29.8 Å². The molecule has 0 aliphatic heterocycles. The molecule has 1 heterocycles. The molecule has 4 rings (SSSR count). The van der Waals surface area contributed by atoms with Gasteiger partial charge >= 0.3 is 0 Å². The van der Waals surface area contributed by atoms with Crippen LogP contribution in [0.3, 0.4) is 0 Å². The van der Waals surface area contributed by atoms with Crippen molar-refractivity contribution < 1.29 is 0 Å². The lowest BCUT2D eigenvalue weighted by Crippen LogP contribution is -2.48. The van der Waals surface area contributed by atoms with Gasteiger partial charge in [-0.3, -0.25) is 4.98 Å². The Kier molecular flexibility index (Phi) is 1.44. The second-order valence-electron chi connectivity index (χ2n) is 5.51. The first-order valence-corrected chi connectivity index (χ1v) is 5.55. The highest BCUT2D eigenvalue weighted by atomic mass is 14.8. The lowest BCUT2D eigenvalue weighted by atomic mass is 9.48. The van der Waals surface area contributed by atoms with Crippen LogP contribution in [0.1, 0.15) is 43.1 Å². The zero-order valence-electron chi connectivity index (χ0n) is 9.17. The van der Waals surface area contributed by atoms with E-state index >= 15 is 0 Å². The lowest BCUT2D eigenvalue weighted by molar-refractivity contribution is 0.0154. The van der Waals surface area contributed by atoms with Gasteiger partial charge in [-0.25, -0.2) is 0 Å². The SMILES string of the molecule is Cc1ccc2c(n1)C1CC(C2)C1(C)C. The highest BCUT2D eigenvalue weighted by Gasteiger charge is 2.53. The summed E-state index contributed by atoms with van der Waals surface area (Å²) in [5, 5.41) is 0. The molecule has 0 amide bonds. The molecule has 3 aliphatic carbocycles. The molecule has 1 aromatic heterocycles. The minimum atomic E-state index is 0.508. The maximum Gasteiger partial charge on any atom is 0.0475 e. The van der Waals surface area contributed by atoms with Crippen LogP contribution in [0.2, 0.25) is 0 Å². The average molecular weight is 187 g/mol. The summed E-state index contributed by atoms with van der Waals surface area (Å²) in [4.78, 5) is 4.73. The lowest BCUT2D eigenvalue weighted by Gasteiger charge is -2.56. The van der Waals surface area contributed by atoms with E-state index in [0.717, 1.165) is 11.8 Å². The molecule has 0 aromatic carbocycles. The Morgan fingerprint density at radius 2 is 2.14 bits per heavy atom. The third-order valence-corrected chi connectivity index (χ3v) is 4.42. The normalized spacial score (nSPS) is 31.9. The molecule has 2 unspecified atom stereocenters. The molecule has 0 N–H and O–H groups in total. The van der Waals surface area contributed by atoms with Gasteiger partial charge in [-0.05, 0) is 42.7 Å². The quantitative estimate of drug-likeness (QED) is 0.608. The third-order valence-electron chi connectivity index (χ3n) is 4.42. The number of aryl methyl sites for hydroxylation is 1. The summed E-state index contributed by atoms with van der Waals surface area (Å²) in [6, 6.07) is 4.43. The van der Waals surface area contributed by atoms with Crippen molar-refractivity contribution in [3.05, 3.63) is 29.1 Å². The van der Waals surface area contributed by atoms with Gasteiger partial charge < -0.3 is 0 Å². The Hall–Kier alpha value is -0.850. The number of hydrogen-bond donors (Lipinski definition) is 0. The standard InChI is InChI=1S/C13H17N/c1-8-4-5-9-6-10-7-11(12(9)14-8)13(10,2)3/h4-5,10-11H,6-7H2,1-3H3. The first kappa shape index (κ1) is 8.46. The zero-order valence-corrected chi connectivity index (χ0v) is 9.17. The summed E-state index contributed by atoms with van der Waals surface area (Å²) < 4.78 is 0. The molecular formula is C13H17N. The van der Waals surface area contributed by atoms with Crippen molar-refractivity contribution >= 4 is 0 Å². The zero-order chi connectivity index (χ0) is 9.92. The van der Waals surface area contributed by atoms with Gasteiger partial charge in [-0.15, -0.1) is 0 Å². The largest absolute Gasteiger partial charge is 0.258 e. The van der Waals surface area contributed by atoms with Crippen molar-refractivity contribution in [3.8, 4) is 0 Å². The van der Waals surface area contributed by atoms with Gasteiger partial charge in [-0.2, -0.15) is 0 Å². The summed E-state index contributed by atoms with van der Waals surface area (Å²) in [7, 11) is 0. The van der Waals surface area contributed by atoms with Crippen LogP contribution in [0.5, 0.6) is 0 Å². The van der Waals surface area contributed by atoms with Gasteiger partial charge in [0.2, 0.25) is 0 Å². The van der Waals surface area contributed by atoms with E-state index < -0.39 is 0 Å². The Morgan fingerprint density at radius 1 is 1.36 bits per heavy atom. The van der Waals surface area contributed by atoms with Gasteiger partial charge in [0, 0.05) is 17.3 Å². The van der Waals surface area contributed by atoms with E-state index in [0.29, 0.717) is 5.41 Å². The summed E-state index contributed by atoms with van der Waals surface area (Å²) in [5.74, 6) is 1.64. The Balaban J connectivity index is 2.13. The molecule has 0 spiro atoms. The van der Waals surface area contributed by atoms with Crippen molar-refractivity contribution in [2.24, 2.45) is 11.3 Å². The fourth-order valence-corrected chi connectivity index (χ4v) is 3.17. The second kappa shape index (κ2) is 2.39. The first-order chi connectivity index (χ1) is 6.59. The molecule has 1 saturated carbocycles. The van der Waals surface area contributed by atoms with E-state index in [2.05, 4.69) is 32.9 Å². The van der Waals surface area contributed by atoms with Crippen LogP contribution in [-0.2, 0) is 6.42 Å². The minimum Gasteiger partial charge on any atom is -0.258 e. The predicted molar refractivity (Wildman–Crippen MR) is 57.3 cm³/mol. The van der Waals surface area contributed by atoms with Gasteiger partial charge in [0.15, 0.2) is 0 Å². The summed E-state index contributed by atoms with van der Waals surface area (Å²) in [5.41, 5.74) is 4.59. The molecule has 0 saturated heterocycles. The Morgan fingerprint density at radius 3 is 2.86 bits per heavy atom. The van der Waals surface area contributed by atoms with Crippen LogP contribution in [0, 0.1) is 18.3 Å². The van der Waals surface area contributed by atoms with Gasteiger partial charge in [0.25, 0.3) is 0 Å². The molecule has 3 aliphatic rings. The van der Waals surface area contributed by atoms with E-state index in [1.54, 1.807) is 0 Å². The number of rotatable bonds is 0. The van der Waals surface area contributed by atoms with Crippen molar-refractivity contribution in [1.29, 1.82) is 0 Å². The fourth-order valence-electron chi connectivity index (χ4n) is 3.17. The molecule has 1 nitrogen and oxygen atoms in total. The van der Waals surface area contributed by atoms with Crippen LogP contribution in [0.25, 0.3) is 0 Å². The highest BCUT2D eigenvalue weighted by Crippen LogP contribution is 2.61. The molecule has 1 fully saturated rings. The summed E-state index contributed by atoms with van der Waals surface area (Å²) in [6.45, 7) is 6.90. The number of hydrogen-bond acceptors (Lipinski definition) is 1. The molecule has 14 heavy (non-hydrogen) atoms. The third kappa shape index (κ3) is 0.879. The van der Waals surface area contributed by atoms with Crippen molar-refractivity contribution in [3.63, 3.8) is 0 Å². The van der Waals surface area contributed by atoms with Crippen molar-refractivity contribution in [2.45, 2.75) is 39.5 Å². The molecule has 1 aromatic rings. The molecule has 74 valence electrons. The van der Waals surface area contributed by atoms with Gasteiger partial charge in [-0.1, -0.05) is 19.9 Å². The van der Waals surface area contributed by atoms with Crippen LogP contribution in [-0.4, -0.2) is 4.98 Å². The highest BCUT2D eigenvalue weighted by molar-refractivity contribution is 5.35. The number of nitrogens with zero attached hydrogens (tertiary/aromatic N) is 1. The van der Waals surface area contributed by atoms with Crippen LogP contribution in [0.15, 0.2) is 12.1 Å². The molecule has 0 radical (unpaired) electrons. The summed E-state index contributed by atoms with van der Waals surface area (Å²) in [6.07, 6.45) is 2.63. The number of pyridine rings is 1. The smallest absolute Gasteiger partial charge is 0.0475 e. The Bertz CT molecular complexity index is 392. The average Bonchev–Trinajstić information content (AvgIpc) is 2.16. The van der Waals surface area contributed by atoms with Crippen LogP contribution < -0.4 is 0 Å². The van der Waals surface area contributed by atoms with Crippen molar-refractivity contribution in [1.82, 2.24) is 4.98 Å². The second-order valence-corrected chi connectivity index (χ2v) is 5.51. The first-order valence-electron chi connectivity index (χ1n) is 5.55. The van der Waals surface area contributed by atoms with E-state index in [9.17, 15) is 0 Å². The molecule has 1 heteroatoms. The van der Waals surface area contributed by atoms with E-state index in [1.807, 2.05) is 0 Å². The molecule has 2 atom stereocenters. The van der Waals surface area contributed by atoms with Gasteiger partial charge in [0.1, 0.15) is 0 Å².